The summed E-state index contributed by atoms with van der Waals surface area (Å²) in [5, 5.41) is 0.337. The van der Waals surface area contributed by atoms with Crippen LogP contribution in [0.25, 0.3) is 0 Å². The molecular formula is C42H70O5SSi2. The maximum Gasteiger partial charge on any atom is 0.296 e. The van der Waals surface area contributed by atoms with Gasteiger partial charge in [-0.25, -0.2) is 0 Å². The van der Waals surface area contributed by atoms with E-state index in [1.54, 1.807) is 17.7 Å². The topological polar surface area (TPSA) is 61.8 Å². The predicted octanol–water partition coefficient (Wildman–Crippen LogP) is 11.6. The van der Waals surface area contributed by atoms with Gasteiger partial charge in [-0.1, -0.05) is 96.4 Å². The van der Waals surface area contributed by atoms with Crippen LogP contribution in [0.15, 0.2) is 52.5 Å². The summed E-state index contributed by atoms with van der Waals surface area (Å²) in [5.74, 6) is 2.41. The minimum absolute atomic E-state index is 0.157. The molecule has 50 heavy (non-hydrogen) atoms. The van der Waals surface area contributed by atoms with Gasteiger partial charge in [0.05, 0.1) is 23.7 Å². The zero-order valence-electron chi connectivity index (χ0n) is 33.8. The summed E-state index contributed by atoms with van der Waals surface area (Å²) in [6, 6.07) is 6.95. The predicted molar refractivity (Wildman–Crippen MR) is 213 cm³/mol. The zero-order valence-corrected chi connectivity index (χ0v) is 36.6. The molecule has 0 radical (unpaired) electrons. The molecule has 0 bridgehead atoms. The first-order chi connectivity index (χ1) is 23.0. The largest absolute Gasteiger partial charge is 0.413 e. The molecule has 0 amide bonds. The Bertz CT molecular complexity index is 1480. The van der Waals surface area contributed by atoms with Gasteiger partial charge in [-0.15, -0.1) is 0 Å². The van der Waals surface area contributed by atoms with Gasteiger partial charge in [0.1, 0.15) is 0 Å². The van der Waals surface area contributed by atoms with Crippen LogP contribution in [-0.2, 0) is 23.2 Å². The zero-order chi connectivity index (χ0) is 37.1. The van der Waals surface area contributed by atoms with Crippen LogP contribution in [-0.4, -0.2) is 43.9 Å². The van der Waals surface area contributed by atoms with E-state index >= 15 is 0 Å². The Morgan fingerprint density at radius 2 is 1.40 bits per heavy atom. The van der Waals surface area contributed by atoms with E-state index in [4.69, 9.17) is 13.0 Å². The number of rotatable bonds is 10. The van der Waals surface area contributed by atoms with Gasteiger partial charge in [0.15, 0.2) is 16.6 Å². The van der Waals surface area contributed by atoms with Crippen LogP contribution in [0.4, 0.5) is 0 Å². The second-order valence-electron chi connectivity index (χ2n) is 19.9. The average Bonchev–Trinajstić information content (AvgIpc) is 3.67. The van der Waals surface area contributed by atoms with Crippen molar-refractivity contribution in [2.45, 2.75) is 167 Å². The van der Waals surface area contributed by atoms with Crippen LogP contribution in [0.5, 0.6) is 0 Å². The Morgan fingerprint density at radius 1 is 0.860 bits per heavy atom. The highest BCUT2D eigenvalue weighted by molar-refractivity contribution is 7.86. The van der Waals surface area contributed by atoms with E-state index in [0.717, 1.165) is 31.2 Å². The first-order valence-electron chi connectivity index (χ1n) is 19.7. The number of aryl methyl sites for hydroxylation is 1. The fourth-order valence-corrected chi connectivity index (χ4v) is 12.5. The van der Waals surface area contributed by atoms with Crippen LogP contribution < -0.4 is 0 Å². The fraction of sp³-hybridized carbons (Fsp3) is 0.762. The number of allylic oxidation sites excluding steroid dienone is 3. The summed E-state index contributed by atoms with van der Waals surface area (Å²) < 4.78 is 46.3. The molecule has 5 nitrogen and oxygen atoms in total. The van der Waals surface area contributed by atoms with Gasteiger partial charge >= 0.3 is 0 Å². The maximum atomic E-state index is 13.0. The van der Waals surface area contributed by atoms with Gasteiger partial charge in [-0.3, -0.25) is 4.18 Å². The lowest BCUT2D eigenvalue weighted by molar-refractivity contribution is -0.00939. The molecule has 0 N–H and O–H groups in total. The van der Waals surface area contributed by atoms with Crippen molar-refractivity contribution in [1.82, 2.24) is 0 Å². The van der Waals surface area contributed by atoms with Crippen molar-refractivity contribution in [1.29, 1.82) is 0 Å². The highest BCUT2D eigenvalue weighted by Crippen LogP contribution is 2.62. The molecule has 0 aromatic heterocycles. The molecule has 4 saturated carbocycles. The Balaban J connectivity index is 1.35. The van der Waals surface area contributed by atoms with E-state index in [2.05, 4.69) is 93.7 Å². The van der Waals surface area contributed by atoms with Gasteiger partial charge < -0.3 is 8.85 Å². The van der Waals surface area contributed by atoms with E-state index in [-0.39, 0.29) is 45.1 Å². The summed E-state index contributed by atoms with van der Waals surface area (Å²) >= 11 is 0. The third-order valence-corrected chi connectivity index (χ3v) is 24.6. The van der Waals surface area contributed by atoms with Gasteiger partial charge in [0, 0.05) is 5.41 Å². The molecule has 8 heteroatoms. The summed E-state index contributed by atoms with van der Waals surface area (Å²) in [6.07, 6.45) is 14.6. The number of benzene rings is 1. The van der Waals surface area contributed by atoms with E-state index in [0.29, 0.717) is 23.7 Å². The average molecular weight is 743 g/mol. The Morgan fingerprint density at radius 3 is 1.90 bits per heavy atom. The second kappa shape index (κ2) is 14.3. The van der Waals surface area contributed by atoms with Crippen LogP contribution >= 0.6 is 0 Å². The number of hydrogen-bond donors (Lipinski definition) is 0. The monoisotopic (exact) mass is 742 g/mol. The highest BCUT2D eigenvalue weighted by Gasteiger charge is 2.61. The van der Waals surface area contributed by atoms with Crippen molar-refractivity contribution in [2.24, 2.45) is 35.0 Å². The summed E-state index contributed by atoms with van der Waals surface area (Å²) in [7, 11) is -7.70. The van der Waals surface area contributed by atoms with Gasteiger partial charge in [-0.2, -0.15) is 8.42 Å². The third kappa shape index (κ3) is 8.36. The molecular weight excluding hydrogens is 673 g/mol. The van der Waals surface area contributed by atoms with Crippen LogP contribution in [0.3, 0.4) is 0 Å². The molecule has 5 rings (SSSR count). The molecule has 0 saturated heterocycles. The molecule has 0 aliphatic heterocycles. The molecule has 1 aromatic carbocycles. The summed E-state index contributed by atoms with van der Waals surface area (Å²) in [4.78, 5) is 0.244. The molecule has 282 valence electrons. The van der Waals surface area contributed by atoms with Crippen molar-refractivity contribution < 1.29 is 21.5 Å². The van der Waals surface area contributed by atoms with Crippen molar-refractivity contribution in [3.05, 3.63) is 53.1 Å². The van der Waals surface area contributed by atoms with Crippen molar-refractivity contribution >= 4 is 26.8 Å². The molecule has 0 heterocycles. The fourth-order valence-electron chi connectivity index (χ4n) is 8.75. The first-order valence-corrected chi connectivity index (χ1v) is 26.9. The van der Waals surface area contributed by atoms with Crippen LogP contribution in [0, 0.1) is 41.9 Å². The Kier molecular flexibility index (Phi) is 11.5. The molecule has 0 unspecified atom stereocenters. The molecule has 7 atom stereocenters. The standard InChI is InChI=1S/C42H70O5SSi2/c1-29-14-20-34(21-15-29)48(43,44)45-28-31(3)35-22-23-36-33(18-16-30(2)39(35)36)19-17-32-26-37(46-49(10,11)40(4,5)6)42(24-25-42)38(27-32)47-50(12,13)41(7,8)9/h14-15,17,19-21,30-31,35-39H,16,18,22-28H2,1-13H3/b33-19+/t30-,31-,35-,36+,37+,38+,39+/m0/s1. The smallest absolute Gasteiger partial charge is 0.296 e. The number of fused-ring (bicyclic) bond motifs is 1. The van der Waals surface area contributed by atoms with Gasteiger partial charge in [-0.05, 0) is 136 Å². The van der Waals surface area contributed by atoms with Gasteiger partial charge in [0.25, 0.3) is 10.1 Å². The summed E-state index contributed by atoms with van der Waals surface area (Å²) in [6.45, 7) is 30.6. The van der Waals surface area contributed by atoms with Crippen molar-refractivity contribution in [3.8, 4) is 0 Å². The van der Waals surface area contributed by atoms with Gasteiger partial charge in [0.2, 0.25) is 0 Å². The van der Waals surface area contributed by atoms with E-state index < -0.39 is 26.8 Å². The minimum atomic E-state index is -3.76. The first kappa shape index (κ1) is 40.2. The molecule has 4 aliphatic rings. The third-order valence-electron chi connectivity index (χ3n) is 14.3. The van der Waals surface area contributed by atoms with E-state index in [9.17, 15) is 8.42 Å². The second-order valence-corrected chi connectivity index (χ2v) is 31.0. The summed E-state index contributed by atoms with van der Waals surface area (Å²) in [5.41, 5.74) is 4.29. The quantitative estimate of drug-likeness (QED) is 0.176. The lowest BCUT2D eigenvalue weighted by atomic mass is 9.67. The van der Waals surface area contributed by atoms with E-state index in [1.807, 2.05) is 19.1 Å². The van der Waals surface area contributed by atoms with Crippen LogP contribution in [0.1, 0.15) is 112 Å². The molecule has 4 aliphatic carbocycles. The Labute approximate surface area is 308 Å². The van der Waals surface area contributed by atoms with Crippen molar-refractivity contribution in [3.63, 3.8) is 0 Å². The lowest BCUT2D eigenvalue weighted by Gasteiger charge is -2.49. The number of hydrogen-bond acceptors (Lipinski definition) is 5. The lowest BCUT2D eigenvalue weighted by Crippen LogP contribution is -2.54. The molecule has 1 spiro atoms. The molecule has 1 aromatic rings. The Hall–Kier alpha value is -1.04. The normalized spacial score (nSPS) is 30.4. The minimum Gasteiger partial charge on any atom is -0.413 e. The van der Waals surface area contributed by atoms with Crippen molar-refractivity contribution in [2.75, 3.05) is 6.61 Å². The molecule has 4 fully saturated rings. The maximum absolute atomic E-state index is 13.0. The SMILES string of the molecule is Cc1ccc(S(=O)(=O)OC[C@H](C)[C@@H]2CC[C@@H]3/C(=C/C=C4C[C@@H](O[Si](C)(C)C(C)(C)C)C5(CC5)[C@H](O[Si](C)(C)C(C)(C)C)C4)CC[C@H](C)[C@H]23)cc1. The van der Waals surface area contributed by atoms with Crippen LogP contribution in [0.2, 0.25) is 36.3 Å². The van der Waals surface area contributed by atoms with E-state index in [1.165, 1.54) is 31.3 Å². The highest BCUT2D eigenvalue weighted by atomic mass is 32.2.